The van der Waals surface area contributed by atoms with Gasteiger partial charge < -0.3 is 19.8 Å². The summed E-state index contributed by atoms with van der Waals surface area (Å²) in [6, 6.07) is 6.62. The lowest BCUT2D eigenvalue weighted by molar-refractivity contribution is -0.141. The number of hydrogen-bond donors (Lipinski definition) is 2. The van der Waals surface area contributed by atoms with E-state index in [2.05, 4.69) is 9.88 Å². The summed E-state index contributed by atoms with van der Waals surface area (Å²) in [5.41, 5.74) is 0.690. The molecular weight excluding hydrogens is 548 g/mol. The van der Waals surface area contributed by atoms with Crippen molar-refractivity contribution in [3.05, 3.63) is 65.1 Å². The molecule has 1 saturated heterocycles. The van der Waals surface area contributed by atoms with E-state index in [-0.39, 0.29) is 24.3 Å². The van der Waals surface area contributed by atoms with Crippen LogP contribution in [0.25, 0.3) is 10.9 Å². The van der Waals surface area contributed by atoms with E-state index in [1.54, 1.807) is 18.2 Å². The van der Waals surface area contributed by atoms with Crippen molar-refractivity contribution in [2.24, 2.45) is 5.41 Å². The molecule has 1 aliphatic heterocycles. The van der Waals surface area contributed by atoms with Crippen LogP contribution in [0, 0.1) is 22.9 Å². The number of carboxylic acid groups (broad SMARTS) is 1. The third-order valence-electron chi connectivity index (χ3n) is 7.68. The Hall–Kier alpha value is -2.89. The molecule has 216 valence electrons. The fraction of sp³-hybridized carbons (Fsp3) is 0.448. The van der Waals surface area contributed by atoms with E-state index >= 15 is 4.39 Å². The van der Waals surface area contributed by atoms with Crippen molar-refractivity contribution in [3.8, 4) is 5.75 Å². The molecule has 0 amide bonds. The number of ether oxygens (including phenoxy) is 1. The summed E-state index contributed by atoms with van der Waals surface area (Å²) >= 11 is 1.02. The number of likely N-dealkylation sites (tertiary alicyclic amines) is 1. The van der Waals surface area contributed by atoms with Crippen LogP contribution in [0.5, 0.6) is 5.75 Å². The number of pyridine rings is 1. The Morgan fingerprint density at radius 1 is 1.20 bits per heavy atom. The number of nitrogens with zero attached hydrogens (tertiary/aromatic N) is 2. The van der Waals surface area contributed by atoms with Gasteiger partial charge in [-0.1, -0.05) is 0 Å². The maximum absolute atomic E-state index is 15.9. The normalized spacial score (nSPS) is 16.2. The molecule has 40 heavy (non-hydrogen) atoms. The van der Waals surface area contributed by atoms with Crippen molar-refractivity contribution in [1.82, 2.24) is 9.88 Å². The van der Waals surface area contributed by atoms with Crippen LogP contribution in [-0.4, -0.2) is 58.6 Å². The zero-order valence-electron chi connectivity index (χ0n) is 22.1. The number of aliphatic hydroxyl groups is 1. The van der Waals surface area contributed by atoms with Gasteiger partial charge >= 0.3 is 5.97 Å². The molecule has 3 aromatic rings. The van der Waals surface area contributed by atoms with Crippen molar-refractivity contribution in [1.29, 1.82) is 0 Å². The maximum atomic E-state index is 15.9. The smallest absolute Gasteiger partial charge is 0.303 e. The molecule has 4 rings (SSSR count). The van der Waals surface area contributed by atoms with Crippen molar-refractivity contribution < 1.29 is 37.3 Å². The Balaban J connectivity index is 1.41. The largest absolute Gasteiger partial charge is 0.497 e. The molecule has 2 N–H and O–H groups in total. The summed E-state index contributed by atoms with van der Waals surface area (Å²) < 4.78 is 62.0. The molecule has 2 heterocycles. The highest BCUT2D eigenvalue weighted by Gasteiger charge is 2.37. The van der Waals surface area contributed by atoms with E-state index in [0.29, 0.717) is 78.5 Å². The maximum Gasteiger partial charge on any atom is 0.303 e. The number of methoxy groups -OCH3 is 1. The summed E-state index contributed by atoms with van der Waals surface area (Å²) in [4.78, 5) is 18.1. The Morgan fingerprint density at radius 3 is 2.62 bits per heavy atom. The van der Waals surface area contributed by atoms with Crippen LogP contribution < -0.4 is 4.74 Å². The first-order chi connectivity index (χ1) is 19.1. The second-order valence-corrected chi connectivity index (χ2v) is 11.3. The minimum Gasteiger partial charge on any atom is -0.497 e. The van der Waals surface area contributed by atoms with Gasteiger partial charge in [0.2, 0.25) is 0 Å². The van der Waals surface area contributed by atoms with Gasteiger partial charge in [0.1, 0.15) is 17.7 Å². The highest BCUT2D eigenvalue weighted by Crippen LogP contribution is 2.43. The molecular formula is C29H32F4N2O4S. The fourth-order valence-electron chi connectivity index (χ4n) is 5.44. The third kappa shape index (κ3) is 7.05. The monoisotopic (exact) mass is 580 g/mol. The first-order valence-corrected chi connectivity index (χ1v) is 14.1. The number of aliphatic hydroxyl groups excluding tert-OH is 1. The summed E-state index contributed by atoms with van der Waals surface area (Å²) in [5.74, 6) is -3.14. The van der Waals surface area contributed by atoms with Crippen LogP contribution in [0.15, 0.2) is 41.4 Å². The van der Waals surface area contributed by atoms with Gasteiger partial charge in [0.15, 0.2) is 11.6 Å². The Labute approximate surface area is 234 Å². The number of hydrogen-bond acceptors (Lipinski definition) is 6. The fourth-order valence-corrected chi connectivity index (χ4v) is 6.43. The predicted octanol–water partition coefficient (Wildman–Crippen LogP) is 6.29. The lowest BCUT2D eigenvalue weighted by atomic mass is 9.71. The van der Waals surface area contributed by atoms with Crippen LogP contribution in [0.2, 0.25) is 0 Å². The van der Waals surface area contributed by atoms with Crippen molar-refractivity contribution in [3.63, 3.8) is 0 Å². The van der Waals surface area contributed by atoms with E-state index in [1.165, 1.54) is 13.3 Å². The number of piperidine rings is 1. The standard InChI is InChI=1S/C29H32F4N2O4S/c1-39-20-2-3-24-21(14-20)27(18(17-36)16-34-24)22(31)4-5-29(15-26(37)38)6-8-35(9-7-29)10-11-40-25-13-19(30)12-23(32)28(25)33/h2-3,12-14,16,22,36H,4-11,15,17H2,1H3,(H,37,38)/t22-/m0/s1. The van der Waals surface area contributed by atoms with Crippen LogP contribution in [-0.2, 0) is 11.4 Å². The van der Waals surface area contributed by atoms with Crippen molar-refractivity contribution in [2.45, 2.75) is 49.8 Å². The molecule has 1 atom stereocenters. The number of rotatable bonds is 12. The average Bonchev–Trinajstić information content (AvgIpc) is 2.94. The molecule has 0 unspecified atom stereocenters. The minimum atomic E-state index is -1.44. The SMILES string of the molecule is COc1ccc2ncc(CO)c([C@@H](F)CCC3(CC(=O)O)CCN(CCSc4cc(F)cc(F)c4F)CC3)c2c1. The number of carboxylic acids is 1. The molecule has 1 fully saturated rings. The number of alkyl halides is 1. The second kappa shape index (κ2) is 13.2. The van der Waals surface area contributed by atoms with Gasteiger partial charge in [-0.15, -0.1) is 11.8 Å². The molecule has 2 aromatic carbocycles. The highest BCUT2D eigenvalue weighted by atomic mass is 32.2. The number of aliphatic carboxylic acids is 1. The van der Waals surface area contributed by atoms with Gasteiger partial charge in [0.25, 0.3) is 0 Å². The van der Waals surface area contributed by atoms with E-state index in [1.807, 2.05) is 0 Å². The molecule has 6 nitrogen and oxygen atoms in total. The van der Waals surface area contributed by atoms with E-state index in [0.717, 1.165) is 17.8 Å². The Morgan fingerprint density at radius 2 is 1.95 bits per heavy atom. The summed E-state index contributed by atoms with van der Waals surface area (Å²) in [5, 5.41) is 20.1. The van der Waals surface area contributed by atoms with Crippen LogP contribution in [0.3, 0.4) is 0 Å². The number of carbonyl (C=O) groups is 1. The van der Waals surface area contributed by atoms with E-state index < -0.39 is 35.0 Å². The predicted molar refractivity (Wildman–Crippen MR) is 145 cm³/mol. The molecule has 0 aliphatic carbocycles. The number of benzene rings is 2. The molecule has 0 spiro atoms. The molecule has 0 bridgehead atoms. The van der Waals surface area contributed by atoms with Gasteiger partial charge in [-0.25, -0.2) is 17.6 Å². The van der Waals surface area contributed by atoms with Gasteiger partial charge in [0.05, 0.1) is 25.7 Å². The first kappa shape index (κ1) is 30.1. The summed E-state index contributed by atoms with van der Waals surface area (Å²) in [6.07, 6.45) is 1.43. The van der Waals surface area contributed by atoms with Crippen LogP contribution in [0.4, 0.5) is 17.6 Å². The van der Waals surface area contributed by atoms with Crippen LogP contribution >= 0.6 is 11.8 Å². The first-order valence-electron chi connectivity index (χ1n) is 13.1. The van der Waals surface area contributed by atoms with Crippen molar-refractivity contribution >= 4 is 28.6 Å². The second-order valence-electron chi connectivity index (χ2n) is 10.2. The quantitative estimate of drug-likeness (QED) is 0.148. The zero-order chi connectivity index (χ0) is 28.9. The van der Waals surface area contributed by atoms with Gasteiger partial charge in [-0.3, -0.25) is 9.78 Å². The van der Waals surface area contributed by atoms with Crippen LogP contribution in [0.1, 0.15) is 49.4 Å². The minimum absolute atomic E-state index is 0.0802. The molecule has 1 aromatic heterocycles. The number of fused-ring (bicyclic) bond motifs is 1. The highest BCUT2D eigenvalue weighted by molar-refractivity contribution is 7.99. The number of halogens is 4. The lowest BCUT2D eigenvalue weighted by Gasteiger charge is -2.41. The lowest BCUT2D eigenvalue weighted by Crippen LogP contribution is -2.42. The van der Waals surface area contributed by atoms with E-state index in [4.69, 9.17) is 4.74 Å². The Kier molecular flexibility index (Phi) is 9.91. The molecule has 11 heteroatoms. The number of thioether (sulfide) groups is 1. The summed E-state index contributed by atoms with van der Waals surface area (Å²) in [7, 11) is 1.51. The van der Waals surface area contributed by atoms with Gasteiger partial charge in [0, 0.05) is 46.0 Å². The zero-order valence-corrected chi connectivity index (χ0v) is 23.0. The van der Waals surface area contributed by atoms with Crippen molar-refractivity contribution in [2.75, 3.05) is 32.5 Å². The van der Waals surface area contributed by atoms with Gasteiger partial charge in [-0.05, 0) is 68.5 Å². The average molecular weight is 581 g/mol. The third-order valence-corrected chi connectivity index (χ3v) is 8.67. The Bertz CT molecular complexity index is 1350. The number of aromatic nitrogens is 1. The molecule has 1 aliphatic rings. The van der Waals surface area contributed by atoms with E-state index in [9.17, 15) is 28.2 Å². The summed E-state index contributed by atoms with van der Waals surface area (Å²) in [6.45, 7) is 1.29. The topological polar surface area (TPSA) is 82.9 Å². The molecule has 0 saturated carbocycles. The molecule has 0 radical (unpaired) electrons. The van der Waals surface area contributed by atoms with Gasteiger partial charge in [-0.2, -0.15) is 0 Å².